The number of esters is 1. The Labute approximate surface area is 129 Å². The first-order chi connectivity index (χ1) is 10.8. The van der Waals surface area contributed by atoms with Crippen LogP contribution in [0.15, 0.2) is 24.4 Å². The van der Waals surface area contributed by atoms with Crippen molar-refractivity contribution in [2.45, 2.75) is 13.0 Å². The quantitative estimate of drug-likeness (QED) is 0.784. The summed E-state index contributed by atoms with van der Waals surface area (Å²) in [6.07, 6.45) is 3.08. The molecule has 2 aromatic rings. The molecule has 2 heterocycles. The van der Waals surface area contributed by atoms with Crippen LogP contribution in [0.5, 0.6) is 0 Å². The fraction of sp³-hybridized carbons (Fsp3) is 0.500. The maximum atomic E-state index is 11.5. The van der Waals surface area contributed by atoms with Crippen LogP contribution < -0.4 is 0 Å². The minimum atomic E-state index is -0.330. The zero-order valence-electron chi connectivity index (χ0n) is 12.8. The van der Waals surface area contributed by atoms with Gasteiger partial charge in [0, 0.05) is 37.8 Å². The van der Waals surface area contributed by atoms with E-state index in [-0.39, 0.29) is 5.97 Å². The second-order valence-electron chi connectivity index (χ2n) is 5.46. The fourth-order valence-electron chi connectivity index (χ4n) is 2.71. The lowest BCUT2D eigenvalue weighted by molar-refractivity contribution is 0.0368. The number of morpholine rings is 1. The molecule has 0 saturated carbocycles. The van der Waals surface area contributed by atoms with Crippen molar-refractivity contribution in [1.29, 1.82) is 0 Å². The second kappa shape index (κ2) is 6.89. The molecule has 1 aliphatic rings. The van der Waals surface area contributed by atoms with E-state index < -0.39 is 0 Å². The van der Waals surface area contributed by atoms with Gasteiger partial charge in [0.25, 0.3) is 0 Å². The van der Waals surface area contributed by atoms with Gasteiger partial charge in [-0.05, 0) is 18.6 Å². The summed E-state index contributed by atoms with van der Waals surface area (Å²) in [5, 5.41) is 5.58. The fourth-order valence-corrected chi connectivity index (χ4v) is 2.71. The molecule has 0 spiro atoms. The Kier molecular flexibility index (Phi) is 4.70. The minimum Gasteiger partial charge on any atom is -0.465 e. The summed E-state index contributed by atoms with van der Waals surface area (Å²) in [5.74, 6) is -0.330. The summed E-state index contributed by atoms with van der Waals surface area (Å²) in [4.78, 5) is 14.0. The molecule has 1 aliphatic heterocycles. The molecule has 6 heteroatoms. The van der Waals surface area contributed by atoms with E-state index in [1.165, 1.54) is 7.11 Å². The Hall–Kier alpha value is -1.92. The molecular formula is C16H21N3O3. The number of aromatic nitrogens is 2. The first-order valence-corrected chi connectivity index (χ1v) is 7.62. The van der Waals surface area contributed by atoms with E-state index in [0.29, 0.717) is 5.56 Å². The molecule has 0 bridgehead atoms. The number of fused-ring (bicyclic) bond motifs is 1. The normalized spacial score (nSPS) is 16.0. The third-order valence-corrected chi connectivity index (χ3v) is 3.94. The Balaban J connectivity index is 1.60. The van der Waals surface area contributed by atoms with Gasteiger partial charge in [-0.15, -0.1) is 0 Å². The van der Waals surface area contributed by atoms with Crippen LogP contribution in [0.3, 0.4) is 0 Å². The predicted molar refractivity (Wildman–Crippen MR) is 82.9 cm³/mol. The highest BCUT2D eigenvalue weighted by Crippen LogP contribution is 2.15. The van der Waals surface area contributed by atoms with Gasteiger partial charge in [-0.2, -0.15) is 5.10 Å². The Bertz CT molecular complexity index is 647. The van der Waals surface area contributed by atoms with E-state index in [1.807, 2.05) is 16.9 Å². The van der Waals surface area contributed by atoms with E-state index >= 15 is 0 Å². The molecular weight excluding hydrogens is 282 g/mol. The average Bonchev–Trinajstić information content (AvgIpc) is 2.97. The van der Waals surface area contributed by atoms with E-state index in [2.05, 4.69) is 10.00 Å². The molecule has 3 rings (SSSR count). The van der Waals surface area contributed by atoms with E-state index in [1.54, 1.807) is 12.1 Å². The van der Waals surface area contributed by atoms with Crippen LogP contribution in [0, 0.1) is 0 Å². The molecule has 0 aliphatic carbocycles. The number of benzene rings is 1. The SMILES string of the molecule is COC(=O)c1ccc2cn(CCCN3CCOCC3)nc2c1. The van der Waals surface area contributed by atoms with Crippen molar-refractivity contribution in [2.24, 2.45) is 0 Å². The number of ether oxygens (including phenoxy) is 2. The standard InChI is InChI=1S/C16H21N3O3/c1-21-16(20)13-3-4-14-12-19(17-15(14)11-13)6-2-5-18-7-9-22-10-8-18/h3-4,11-12H,2,5-10H2,1H3. The Morgan fingerprint density at radius 3 is 2.91 bits per heavy atom. The molecule has 118 valence electrons. The number of carbonyl (C=O) groups is 1. The van der Waals surface area contributed by atoms with Gasteiger partial charge in [0.05, 0.1) is 31.4 Å². The first-order valence-electron chi connectivity index (χ1n) is 7.62. The molecule has 1 saturated heterocycles. The summed E-state index contributed by atoms with van der Waals surface area (Å²) in [6.45, 7) is 5.64. The van der Waals surface area contributed by atoms with Crippen molar-refractivity contribution in [3.63, 3.8) is 0 Å². The lowest BCUT2D eigenvalue weighted by Gasteiger charge is -2.26. The molecule has 0 N–H and O–H groups in total. The van der Waals surface area contributed by atoms with Crippen molar-refractivity contribution < 1.29 is 14.3 Å². The predicted octanol–water partition coefficient (Wildman–Crippen LogP) is 1.55. The zero-order valence-corrected chi connectivity index (χ0v) is 12.8. The van der Waals surface area contributed by atoms with Crippen molar-refractivity contribution in [1.82, 2.24) is 14.7 Å². The van der Waals surface area contributed by atoms with Crippen LogP contribution >= 0.6 is 0 Å². The Morgan fingerprint density at radius 1 is 1.32 bits per heavy atom. The average molecular weight is 303 g/mol. The lowest BCUT2D eigenvalue weighted by Crippen LogP contribution is -2.37. The van der Waals surface area contributed by atoms with Gasteiger partial charge in [-0.3, -0.25) is 9.58 Å². The number of nitrogens with zero attached hydrogens (tertiary/aromatic N) is 3. The molecule has 1 fully saturated rings. The number of aryl methyl sites for hydroxylation is 1. The van der Waals surface area contributed by atoms with Gasteiger partial charge >= 0.3 is 5.97 Å². The highest BCUT2D eigenvalue weighted by molar-refractivity contribution is 5.94. The number of rotatable bonds is 5. The highest BCUT2D eigenvalue weighted by Gasteiger charge is 2.11. The maximum absolute atomic E-state index is 11.5. The molecule has 6 nitrogen and oxygen atoms in total. The molecule has 1 aromatic heterocycles. The minimum absolute atomic E-state index is 0.330. The molecule has 0 unspecified atom stereocenters. The van der Waals surface area contributed by atoms with Crippen molar-refractivity contribution in [3.8, 4) is 0 Å². The van der Waals surface area contributed by atoms with Crippen LogP contribution in [0.1, 0.15) is 16.8 Å². The topological polar surface area (TPSA) is 56.6 Å². The third kappa shape index (κ3) is 3.45. The third-order valence-electron chi connectivity index (χ3n) is 3.94. The van der Waals surface area contributed by atoms with Crippen LogP contribution in [-0.2, 0) is 16.0 Å². The highest BCUT2D eigenvalue weighted by atomic mass is 16.5. The summed E-state index contributed by atoms with van der Waals surface area (Å²) in [5.41, 5.74) is 1.36. The number of carbonyl (C=O) groups excluding carboxylic acids is 1. The van der Waals surface area contributed by atoms with Gasteiger partial charge in [-0.25, -0.2) is 4.79 Å². The van der Waals surface area contributed by atoms with Crippen LogP contribution in [0.2, 0.25) is 0 Å². The molecule has 0 atom stereocenters. The van der Waals surface area contributed by atoms with Gasteiger partial charge in [0.15, 0.2) is 0 Å². The summed E-state index contributed by atoms with van der Waals surface area (Å²) >= 11 is 0. The number of hydrogen-bond acceptors (Lipinski definition) is 5. The smallest absolute Gasteiger partial charge is 0.337 e. The van der Waals surface area contributed by atoms with E-state index in [9.17, 15) is 4.79 Å². The van der Waals surface area contributed by atoms with Crippen molar-refractivity contribution in [2.75, 3.05) is 40.0 Å². The molecule has 0 radical (unpaired) electrons. The van der Waals surface area contributed by atoms with Crippen LogP contribution in [-0.4, -0.2) is 60.6 Å². The van der Waals surface area contributed by atoms with Gasteiger partial charge < -0.3 is 9.47 Å². The largest absolute Gasteiger partial charge is 0.465 e. The number of methoxy groups -OCH3 is 1. The van der Waals surface area contributed by atoms with Crippen molar-refractivity contribution in [3.05, 3.63) is 30.0 Å². The monoisotopic (exact) mass is 303 g/mol. The van der Waals surface area contributed by atoms with Gasteiger partial charge in [-0.1, -0.05) is 6.07 Å². The zero-order chi connectivity index (χ0) is 15.4. The molecule has 22 heavy (non-hydrogen) atoms. The van der Waals surface area contributed by atoms with Crippen molar-refractivity contribution >= 4 is 16.9 Å². The van der Waals surface area contributed by atoms with E-state index in [0.717, 1.165) is 56.7 Å². The maximum Gasteiger partial charge on any atom is 0.337 e. The number of hydrogen-bond donors (Lipinski definition) is 0. The summed E-state index contributed by atoms with van der Waals surface area (Å²) in [6, 6.07) is 5.46. The lowest BCUT2D eigenvalue weighted by atomic mass is 10.2. The molecule has 0 amide bonds. The van der Waals surface area contributed by atoms with Crippen LogP contribution in [0.25, 0.3) is 10.9 Å². The molecule has 1 aromatic carbocycles. The first kappa shape index (κ1) is 15.0. The van der Waals surface area contributed by atoms with Gasteiger partial charge in [0.2, 0.25) is 0 Å². The summed E-state index contributed by atoms with van der Waals surface area (Å²) < 4.78 is 12.0. The summed E-state index contributed by atoms with van der Waals surface area (Å²) in [7, 11) is 1.39. The van der Waals surface area contributed by atoms with Gasteiger partial charge in [0.1, 0.15) is 0 Å². The van der Waals surface area contributed by atoms with E-state index in [4.69, 9.17) is 9.47 Å². The second-order valence-corrected chi connectivity index (χ2v) is 5.46. The Morgan fingerprint density at radius 2 is 2.14 bits per heavy atom. The van der Waals surface area contributed by atoms with Crippen LogP contribution in [0.4, 0.5) is 0 Å².